The quantitative estimate of drug-likeness (QED) is 0.694. The normalized spacial score (nSPS) is 10.5. The number of nitro benzene ring substituents is 1. The van der Waals surface area contributed by atoms with Crippen molar-refractivity contribution in [2.45, 2.75) is 6.61 Å². The maximum Gasteiger partial charge on any atom is 0.307 e. The molecule has 0 saturated carbocycles. The first kappa shape index (κ1) is 14.8. The Balaban J connectivity index is 2.41. The Morgan fingerprint density at radius 1 is 1.10 bits per heavy atom. The summed E-state index contributed by atoms with van der Waals surface area (Å²) in [6.45, 7) is -0.579. The van der Waals surface area contributed by atoms with E-state index in [1.807, 2.05) is 0 Å². The fourth-order valence-electron chi connectivity index (χ4n) is 1.63. The van der Waals surface area contributed by atoms with Gasteiger partial charge in [-0.2, -0.15) is 4.39 Å². The molecule has 0 unspecified atom stereocenters. The van der Waals surface area contributed by atoms with E-state index in [0.29, 0.717) is 12.1 Å². The highest BCUT2D eigenvalue weighted by atomic mass is 19.1. The first-order valence-corrected chi connectivity index (χ1v) is 5.63. The highest BCUT2D eigenvalue weighted by molar-refractivity contribution is 5.43. The molecule has 0 radical (unpaired) electrons. The molecule has 0 heterocycles. The summed E-state index contributed by atoms with van der Waals surface area (Å²) >= 11 is 0. The molecule has 0 saturated heterocycles. The van der Waals surface area contributed by atoms with Crippen molar-refractivity contribution in [1.29, 1.82) is 0 Å². The van der Waals surface area contributed by atoms with Crippen LogP contribution >= 0.6 is 0 Å². The second-order valence-corrected chi connectivity index (χ2v) is 4.00. The van der Waals surface area contributed by atoms with Crippen LogP contribution in [-0.2, 0) is 6.61 Å². The van der Waals surface area contributed by atoms with Gasteiger partial charge in [-0.25, -0.2) is 8.78 Å². The summed E-state index contributed by atoms with van der Waals surface area (Å²) in [6.07, 6.45) is 0. The molecule has 0 spiro atoms. The lowest BCUT2D eigenvalue weighted by Gasteiger charge is -2.10. The summed E-state index contributed by atoms with van der Waals surface area (Å²) in [5.41, 5.74) is -1.01. The van der Waals surface area contributed by atoms with E-state index in [1.54, 1.807) is 0 Å². The molecule has 0 fully saturated rings. The third-order valence-electron chi connectivity index (χ3n) is 2.61. The molecule has 2 aromatic carbocycles. The molecule has 0 amide bonds. The van der Waals surface area contributed by atoms with Gasteiger partial charge in [-0.15, -0.1) is 0 Å². The van der Waals surface area contributed by atoms with Crippen molar-refractivity contribution in [2.24, 2.45) is 0 Å². The SMILES string of the molecule is O=[N+]([O-])c1cc(F)c(Oc2ccc(F)cc2CO)cc1F. The van der Waals surface area contributed by atoms with E-state index in [0.717, 1.165) is 18.2 Å². The Morgan fingerprint density at radius 2 is 1.81 bits per heavy atom. The van der Waals surface area contributed by atoms with Gasteiger partial charge in [-0.1, -0.05) is 0 Å². The minimum atomic E-state index is -1.27. The van der Waals surface area contributed by atoms with Crippen molar-refractivity contribution < 1.29 is 27.9 Å². The van der Waals surface area contributed by atoms with Crippen molar-refractivity contribution in [3.05, 3.63) is 63.5 Å². The largest absolute Gasteiger partial charge is 0.454 e. The minimum absolute atomic E-state index is 0.0214. The highest BCUT2D eigenvalue weighted by Crippen LogP contribution is 2.31. The highest BCUT2D eigenvalue weighted by Gasteiger charge is 2.20. The van der Waals surface area contributed by atoms with Crippen LogP contribution < -0.4 is 4.74 Å². The maximum absolute atomic E-state index is 13.7. The zero-order valence-electron chi connectivity index (χ0n) is 10.3. The molecular formula is C13H8F3NO4. The van der Waals surface area contributed by atoms with Crippen molar-refractivity contribution in [2.75, 3.05) is 0 Å². The number of benzene rings is 2. The number of nitro groups is 1. The van der Waals surface area contributed by atoms with E-state index in [9.17, 15) is 23.3 Å². The van der Waals surface area contributed by atoms with Crippen LogP contribution in [0.3, 0.4) is 0 Å². The number of aliphatic hydroxyl groups excluding tert-OH is 1. The molecule has 0 bridgehead atoms. The fourth-order valence-corrected chi connectivity index (χ4v) is 1.63. The van der Waals surface area contributed by atoms with Crippen LogP contribution in [0.2, 0.25) is 0 Å². The van der Waals surface area contributed by atoms with E-state index < -0.39 is 40.4 Å². The van der Waals surface area contributed by atoms with Crippen LogP contribution in [0.25, 0.3) is 0 Å². The fraction of sp³-hybridized carbons (Fsp3) is 0.0769. The Labute approximate surface area is 116 Å². The molecule has 8 heteroatoms. The first-order chi connectivity index (χ1) is 9.92. The lowest BCUT2D eigenvalue weighted by atomic mass is 10.2. The average Bonchev–Trinajstić information content (AvgIpc) is 2.43. The zero-order chi connectivity index (χ0) is 15.6. The first-order valence-electron chi connectivity index (χ1n) is 5.63. The molecule has 2 aromatic rings. The van der Waals surface area contributed by atoms with Gasteiger partial charge in [0.15, 0.2) is 11.6 Å². The monoisotopic (exact) mass is 299 g/mol. The van der Waals surface area contributed by atoms with Gasteiger partial charge in [0.05, 0.1) is 17.6 Å². The van der Waals surface area contributed by atoms with E-state index >= 15 is 0 Å². The molecule has 1 N–H and O–H groups in total. The summed E-state index contributed by atoms with van der Waals surface area (Å²) in [5.74, 6) is -3.77. The molecule has 0 aliphatic rings. The lowest BCUT2D eigenvalue weighted by molar-refractivity contribution is -0.387. The van der Waals surface area contributed by atoms with Gasteiger partial charge in [-0.05, 0) is 18.2 Å². The Bertz CT molecular complexity index is 706. The summed E-state index contributed by atoms with van der Waals surface area (Å²) in [7, 11) is 0. The summed E-state index contributed by atoms with van der Waals surface area (Å²) in [6, 6.07) is 3.99. The molecule has 2 rings (SSSR count). The lowest BCUT2D eigenvalue weighted by Crippen LogP contribution is -1.98. The number of aliphatic hydroxyl groups is 1. The Kier molecular flexibility index (Phi) is 4.08. The van der Waals surface area contributed by atoms with Crippen molar-refractivity contribution in [1.82, 2.24) is 0 Å². The van der Waals surface area contributed by atoms with Gasteiger partial charge >= 0.3 is 5.69 Å². The van der Waals surface area contributed by atoms with Crippen LogP contribution in [0.1, 0.15) is 5.56 Å². The van der Waals surface area contributed by atoms with E-state index in [4.69, 9.17) is 9.84 Å². The standard InChI is InChI=1S/C13H8F3NO4/c14-8-1-2-12(7(3-8)6-18)21-13-5-9(15)11(17(19)20)4-10(13)16/h1-5,18H,6H2. The van der Waals surface area contributed by atoms with Crippen LogP contribution in [0.15, 0.2) is 30.3 Å². The molecule has 5 nitrogen and oxygen atoms in total. The molecular weight excluding hydrogens is 291 g/mol. The van der Waals surface area contributed by atoms with Gasteiger partial charge in [0, 0.05) is 11.6 Å². The van der Waals surface area contributed by atoms with Crippen LogP contribution in [0.4, 0.5) is 18.9 Å². The molecule has 0 aromatic heterocycles. The van der Waals surface area contributed by atoms with Crippen molar-refractivity contribution >= 4 is 5.69 Å². The van der Waals surface area contributed by atoms with E-state index in [-0.39, 0.29) is 11.3 Å². The predicted octanol–water partition coefficient (Wildman–Crippen LogP) is 3.30. The summed E-state index contributed by atoms with van der Waals surface area (Å²) < 4.78 is 45.1. The molecule has 110 valence electrons. The van der Waals surface area contributed by atoms with Gasteiger partial charge in [0.1, 0.15) is 11.6 Å². The van der Waals surface area contributed by atoms with Crippen molar-refractivity contribution in [3.8, 4) is 11.5 Å². The number of halogens is 3. The topological polar surface area (TPSA) is 72.6 Å². The zero-order valence-corrected chi connectivity index (χ0v) is 10.3. The third kappa shape index (κ3) is 3.11. The predicted molar refractivity (Wildman–Crippen MR) is 65.4 cm³/mol. The summed E-state index contributed by atoms with van der Waals surface area (Å²) in [4.78, 5) is 9.39. The average molecular weight is 299 g/mol. The van der Waals surface area contributed by atoms with E-state index in [2.05, 4.69) is 0 Å². The van der Waals surface area contributed by atoms with Gasteiger partial charge in [-0.3, -0.25) is 10.1 Å². The van der Waals surface area contributed by atoms with Crippen LogP contribution in [0.5, 0.6) is 11.5 Å². The second kappa shape index (κ2) is 5.80. The molecule has 0 aliphatic carbocycles. The number of ether oxygens (including phenoxy) is 1. The molecule has 0 aliphatic heterocycles. The van der Waals surface area contributed by atoms with Crippen molar-refractivity contribution in [3.63, 3.8) is 0 Å². The van der Waals surface area contributed by atoms with Gasteiger partial charge in [0.25, 0.3) is 0 Å². The van der Waals surface area contributed by atoms with Gasteiger partial charge in [0.2, 0.25) is 5.82 Å². The van der Waals surface area contributed by atoms with Crippen LogP contribution in [-0.4, -0.2) is 10.0 Å². The van der Waals surface area contributed by atoms with Gasteiger partial charge < -0.3 is 9.84 Å². The Hall–Kier alpha value is -2.61. The number of nitrogens with zero attached hydrogens (tertiary/aromatic N) is 1. The minimum Gasteiger partial charge on any atom is -0.454 e. The second-order valence-electron chi connectivity index (χ2n) is 4.00. The number of hydrogen-bond donors (Lipinski definition) is 1. The smallest absolute Gasteiger partial charge is 0.307 e. The van der Waals surface area contributed by atoms with E-state index in [1.165, 1.54) is 0 Å². The number of rotatable bonds is 4. The number of hydrogen-bond acceptors (Lipinski definition) is 4. The molecule has 21 heavy (non-hydrogen) atoms. The third-order valence-corrected chi connectivity index (χ3v) is 2.61. The Morgan fingerprint density at radius 3 is 2.43 bits per heavy atom. The molecule has 0 atom stereocenters. The maximum atomic E-state index is 13.7. The van der Waals surface area contributed by atoms with Crippen LogP contribution in [0, 0.1) is 27.6 Å². The summed E-state index contributed by atoms with van der Waals surface area (Å²) in [5, 5.41) is 19.5.